The number of aromatic nitrogens is 2. The van der Waals surface area contributed by atoms with Crippen molar-refractivity contribution in [2.24, 2.45) is 0 Å². The Labute approximate surface area is 175 Å². The lowest BCUT2D eigenvalue weighted by molar-refractivity contribution is -0.153. The van der Waals surface area contributed by atoms with Crippen LogP contribution >= 0.6 is 0 Å². The molecule has 0 saturated heterocycles. The molecular weight excluding hydrogens is 384 g/mol. The molecule has 2 atom stereocenters. The zero-order valence-corrected chi connectivity index (χ0v) is 17.4. The van der Waals surface area contributed by atoms with Crippen molar-refractivity contribution in [3.05, 3.63) is 65.8 Å². The third-order valence-corrected chi connectivity index (χ3v) is 4.79. The van der Waals surface area contributed by atoms with E-state index >= 15 is 0 Å². The maximum absolute atomic E-state index is 11.4. The van der Waals surface area contributed by atoms with Crippen molar-refractivity contribution in [1.82, 2.24) is 9.97 Å². The van der Waals surface area contributed by atoms with Gasteiger partial charge in [-0.1, -0.05) is 19.1 Å². The number of carboxylic acid groups (broad SMARTS) is 1. The minimum atomic E-state index is -0.956. The number of aryl methyl sites for hydroxylation is 1. The number of aliphatic carboxylic acids is 1. The van der Waals surface area contributed by atoms with E-state index in [2.05, 4.69) is 9.97 Å². The van der Waals surface area contributed by atoms with Gasteiger partial charge in [0.2, 0.25) is 5.89 Å². The molecule has 158 valence electrons. The Morgan fingerprint density at radius 3 is 2.50 bits per heavy atom. The fraction of sp³-hybridized carbons (Fsp3) is 0.348. The molecule has 0 radical (unpaired) electrons. The SMILES string of the molecule is CCC(C)OC(Cc1ccc(OCc2nc(-c3ccncc3)oc2C)cc1)C(=O)O. The number of benzene rings is 1. The number of nitrogens with zero attached hydrogens (tertiary/aromatic N) is 2. The summed E-state index contributed by atoms with van der Waals surface area (Å²) in [5.41, 5.74) is 2.45. The third-order valence-electron chi connectivity index (χ3n) is 4.79. The Hall–Kier alpha value is -3.19. The van der Waals surface area contributed by atoms with Gasteiger partial charge in [0.05, 0.1) is 6.10 Å². The normalized spacial score (nSPS) is 13.0. The smallest absolute Gasteiger partial charge is 0.333 e. The van der Waals surface area contributed by atoms with Crippen molar-refractivity contribution in [3.8, 4) is 17.2 Å². The molecule has 0 aliphatic rings. The van der Waals surface area contributed by atoms with Crippen molar-refractivity contribution in [1.29, 1.82) is 0 Å². The fourth-order valence-corrected chi connectivity index (χ4v) is 2.84. The molecule has 1 N–H and O–H groups in total. The molecule has 2 heterocycles. The van der Waals surface area contributed by atoms with Crippen LogP contribution in [0, 0.1) is 6.92 Å². The molecule has 0 fully saturated rings. The van der Waals surface area contributed by atoms with E-state index in [1.165, 1.54) is 0 Å². The summed E-state index contributed by atoms with van der Waals surface area (Å²) in [6.45, 7) is 5.96. The van der Waals surface area contributed by atoms with Crippen LogP contribution in [0.2, 0.25) is 0 Å². The van der Waals surface area contributed by atoms with E-state index in [1.54, 1.807) is 12.4 Å². The maximum atomic E-state index is 11.4. The highest BCUT2D eigenvalue weighted by Gasteiger charge is 2.21. The second-order valence-electron chi connectivity index (χ2n) is 7.08. The van der Waals surface area contributed by atoms with Gasteiger partial charge >= 0.3 is 5.97 Å². The van der Waals surface area contributed by atoms with Gasteiger partial charge in [-0.05, 0) is 50.1 Å². The van der Waals surface area contributed by atoms with Crippen LogP contribution in [0.15, 0.2) is 53.2 Å². The Morgan fingerprint density at radius 2 is 1.87 bits per heavy atom. The number of pyridine rings is 1. The van der Waals surface area contributed by atoms with Gasteiger partial charge in [-0.25, -0.2) is 9.78 Å². The molecule has 30 heavy (non-hydrogen) atoms. The van der Waals surface area contributed by atoms with Crippen molar-refractivity contribution in [3.63, 3.8) is 0 Å². The van der Waals surface area contributed by atoms with Gasteiger partial charge in [0, 0.05) is 24.4 Å². The topological polar surface area (TPSA) is 94.7 Å². The number of rotatable bonds is 10. The lowest BCUT2D eigenvalue weighted by Gasteiger charge is -2.18. The third kappa shape index (κ3) is 5.67. The molecule has 2 unspecified atom stereocenters. The Kier molecular flexibility index (Phi) is 7.19. The first-order chi connectivity index (χ1) is 14.5. The Morgan fingerprint density at radius 1 is 1.17 bits per heavy atom. The number of hydrogen-bond donors (Lipinski definition) is 1. The van der Waals surface area contributed by atoms with Crippen LogP contribution in [0.4, 0.5) is 0 Å². The minimum Gasteiger partial charge on any atom is -0.487 e. The molecule has 0 aliphatic heterocycles. The minimum absolute atomic E-state index is 0.101. The molecule has 1 aromatic carbocycles. The summed E-state index contributed by atoms with van der Waals surface area (Å²) >= 11 is 0. The monoisotopic (exact) mass is 410 g/mol. The van der Waals surface area contributed by atoms with Gasteiger partial charge < -0.3 is 19.0 Å². The molecule has 0 spiro atoms. The number of carbonyl (C=O) groups is 1. The van der Waals surface area contributed by atoms with Crippen LogP contribution in [0.5, 0.6) is 5.75 Å². The summed E-state index contributed by atoms with van der Waals surface area (Å²) < 4.78 is 17.2. The first kappa shape index (κ1) is 21.5. The van der Waals surface area contributed by atoms with Crippen LogP contribution in [-0.4, -0.2) is 33.3 Å². The van der Waals surface area contributed by atoms with Crippen molar-refractivity contribution < 1.29 is 23.8 Å². The predicted molar refractivity (Wildman–Crippen MR) is 111 cm³/mol. The van der Waals surface area contributed by atoms with Crippen LogP contribution in [-0.2, 0) is 22.6 Å². The summed E-state index contributed by atoms with van der Waals surface area (Å²) in [6.07, 6.45) is 3.48. The van der Waals surface area contributed by atoms with Gasteiger partial charge in [-0.15, -0.1) is 0 Å². The lowest BCUT2D eigenvalue weighted by Crippen LogP contribution is -2.30. The van der Waals surface area contributed by atoms with Gasteiger partial charge in [-0.3, -0.25) is 4.98 Å². The Bertz CT molecular complexity index is 953. The average Bonchev–Trinajstić information content (AvgIpc) is 3.13. The summed E-state index contributed by atoms with van der Waals surface area (Å²) in [5, 5.41) is 9.39. The van der Waals surface area contributed by atoms with Gasteiger partial charge in [0.25, 0.3) is 0 Å². The molecule has 3 aromatic rings. The zero-order chi connectivity index (χ0) is 21.5. The lowest BCUT2D eigenvalue weighted by atomic mass is 10.1. The van der Waals surface area contributed by atoms with E-state index in [9.17, 15) is 9.90 Å². The predicted octanol–water partition coefficient (Wildman–Crippen LogP) is 4.43. The first-order valence-corrected chi connectivity index (χ1v) is 9.93. The van der Waals surface area contributed by atoms with Crippen molar-refractivity contribution in [2.75, 3.05) is 0 Å². The number of carboxylic acids is 1. The van der Waals surface area contributed by atoms with Crippen molar-refractivity contribution >= 4 is 5.97 Å². The molecule has 3 rings (SSSR count). The summed E-state index contributed by atoms with van der Waals surface area (Å²) in [7, 11) is 0. The largest absolute Gasteiger partial charge is 0.487 e. The Balaban J connectivity index is 1.60. The summed E-state index contributed by atoms with van der Waals surface area (Å²) in [6, 6.07) is 11.0. The number of hydrogen-bond acceptors (Lipinski definition) is 6. The van der Waals surface area contributed by atoms with Gasteiger partial charge in [0.1, 0.15) is 23.8 Å². The highest BCUT2D eigenvalue weighted by Crippen LogP contribution is 2.22. The van der Waals surface area contributed by atoms with E-state index in [4.69, 9.17) is 13.9 Å². The fourth-order valence-electron chi connectivity index (χ4n) is 2.84. The van der Waals surface area contributed by atoms with Crippen LogP contribution in [0.25, 0.3) is 11.5 Å². The van der Waals surface area contributed by atoms with E-state index < -0.39 is 12.1 Å². The van der Waals surface area contributed by atoms with Crippen LogP contribution in [0.3, 0.4) is 0 Å². The van der Waals surface area contributed by atoms with E-state index in [0.717, 1.165) is 23.2 Å². The molecular formula is C23H26N2O5. The second-order valence-corrected chi connectivity index (χ2v) is 7.08. The van der Waals surface area contributed by atoms with Crippen LogP contribution < -0.4 is 4.74 Å². The molecule has 0 amide bonds. The molecule has 0 aliphatic carbocycles. The molecule has 7 heteroatoms. The van der Waals surface area contributed by atoms with Gasteiger partial charge in [-0.2, -0.15) is 0 Å². The maximum Gasteiger partial charge on any atom is 0.333 e. The average molecular weight is 410 g/mol. The van der Waals surface area contributed by atoms with Gasteiger partial charge in [0.15, 0.2) is 6.10 Å². The number of ether oxygens (including phenoxy) is 2. The highest BCUT2D eigenvalue weighted by molar-refractivity contribution is 5.72. The molecule has 2 aromatic heterocycles. The zero-order valence-electron chi connectivity index (χ0n) is 17.4. The second kappa shape index (κ2) is 10.0. The summed E-state index contributed by atoms with van der Waals surface area (Å²) in [4.78, 5) is 19.9. The van der Waals surface area contributed by atoms with Crippen molar-refractivity contribution in [2.45, 2.75) is 52.4 Å². The quantitative estimate of drug-likeness (QED) is 0.528. The molecule has 7 nitrogen and oxygen atoms in total. The van der Waals surface area contributed by atoms with Crippen LogP contribution in [0.1, 0.15) is 37.3 Å². The standard InChI is InChI=1S/C23H26N2O5/c1-4-15(2)29-21(23(26)27)13-17-5-7-19(8-6-17)28-14-20-16(3)30-22(25-20)18-9-11-24-12-10-18/h5-12,15,21H,4,13-14H2,1-3H3,(H,26,27). The van der Waals surface area contributed by atoms with E-state index in [0.29, 0.717) is 23.8 Å². The molecule has 0 saturated carbocycles. The van der Waals surface area contributed by atoms with E-state index in [-0.39, 0.29) is 12.7 Å². The number of oxazole rings is 1. The first-order valence-electron chi connectivity index (χ1n) is 9.93. The van der Waals surface area contributed by atoms with E-state index in [1.807, 2.05) is 57.2 Å². The highest BCUT2D eigenvalue weighted by atomic mass is 16.5. The molecule has 0 bridgehead atoms. The summed E-state index contributed by atoms with van der Waals surface area (Å²) in [5.74, 6) is 0.943.